The van der Waals surface area contributed by atoms with Crippen LogP contribution in [-0.4, -0.2) is 15.0 Å². The summed E-state index contributed by atoms with van der Waals surface area (Å²) in [5.41, 5.74) is 4.24. The number of hydrogen-bond acceptors (Lipinski definition) is 1. The number of hydrogen-bond donors (Lipinski definition) is 2. The van der Waals surface area contributed by atoms with Crippen molar-refractivity contribution >= 4 is 0 Å². The van der Waals surface area contributed by atoms with E-state index >= 15 is 0 Å². The minimum Gasteiger partial charge on any atom is -0.360 e. The van der Waals surface area contributed by atoms with E-state index in [0.717, 1.165) is 22.6 Å². The molecule has 0 aliphatic carbocycles. The highest BCUT2D eigenvalue weighted by atomic mass is 14.8. The molecule has 0 fully saturated rings. The zero-order chi connectivity index (χ0) is 10.8. The van der Waals surface area contributed by atoms with Gasteiger partial charge in [-0.3, -0.25) is 4.98 Å². The van der Waals surface area contributed by atoms with E-state index < -0.39 is 0 Å². The number of aromatic nitrogens is 3. The van der Waals surface area contributed by atoms with Gasteiger partial charge < -0.3 is 9.97 Å². The summed E-state index contributed by atoms with van der Waals surface area (Å²) < 4.78 is 0. The molecule has 0 amide bonds. The Labute approximate surface area is 93.2 Å². The van der Waals surface area contributed by atoms with Crippen molar-refractivity contribution in [3.8, 4) is 22.6 Å². The van der Waals surface area contributed by atoms with E-state index in [1.54, 1.807) is 6.20 Å². The quantitative estimate of drug-likeness (QED) is 0.669. The van der Waals surface area contributed by atoms with Crippen LogP contribution in [0.3, 0.4) is 0 Å². The summed E-state index contributed by atoms with van der Waals surface area (Å²) in [5.74, 6) is 0. The van der Waals surface area contributed by atoms with Gasteiger partial charge in [0.05, 0.1) is 17.1 Å². The maximum Gasteiger partial charge on any atom is 0.0724 e. The van der Waals surface area contributed by atoms with Crippen molar-refractivity contribution in [1.82, 2.24) is 15.0 Å². The van der Waals surface area contributed by atoms with Gasteiger partial charge in [0.15, 0.2) is 0 Å². The summed E-state index contributed by atoms with van der Waals surface area (Å²) in [6.07, 6.45) is 5.65. The number of nitrogens with one attached hydrogen (secondary N) is 2. The Morgan fingerprint density at radius 3 is 2.62 bits per heavy atom. The van der Waals surface area contributed by atoms with Crippen LogP contribution in [0.4, 0.5) is 0 Å². The van der Waals surface area contributed by atoms with Crippen LogP contribution in [0.2, 0.25) is 0 Å². The van der Waals surface area contributed by atoms with Crippen molar-refractivity contribution in [1.29, 1.82) is 0 Å². The van der Waals surface area contributed by atoms with Gasteiger partial charge in [-0.2, -0.15) is 0 Å². The molecule has 3 heterocycles. The zero-order valence-corrected chi connectivity index (χ0v) is 8.64. The van der Waals surface area contributed by atoms with Gasteiger partial charge in [0, 0.05) is 24.2 Å². The number of rotatable bonds is 2. The molecule has 0 saturated heterocycles. The molecule has 0 aromatic carbocycles. The highest BCUT2D eigenvalue weighted by molar-refractivity contribution is 5.77. The van der Waals surface area contributed by atoms with Crippen molar-refractivity contribution in [3.05, 3.63) is 55.0 Å². The number of aromatic amines is 2. The Morgan fingerprint density at radius 2 is 1.88 bits per heavy atom. The lowest BCUT2D eigenvalue weighted by molar-refractivity contribution is 1.30. The first-order valence-electron chi connectivity index (χ1n) is 5.18. The molecule has 3 aromatic rings. The smallest absolute Gasteiger partial charge is 0.0724 e. The monoisotopic (exact) mass is 209 g/mol. The second-order valence-corrected chi connectivity index (χ2v) is 3.57. The molecule has 3 nitrogen and oxygen atoms in total. The molecule has 0 bridgehead atoms. The Kier molecular flexibility index (Phi) is 2.07. The molecule has 0 radical (unpaired) electrons. The first kappa shape index (κ1) is 8.97. The molecule has 3 heteroatoms. The normalized spacial score (nSPS) is 10.5. The summed E-state index contributed by atoms with van der Waals surface area (Å²) in [7, 11) is 0. The fourth-order valence-corrected chi connectivity index (χ4v) is 1.81. The van der Waals surface area contributed by atoms with Crippen LogP contribution >= 0.6 is 0 Å². The van der Waals surface area contributed by atoms with E-state index in [4.69, 9.17) is 0 Å². The Morgan fingerprint density at radius 1 is 0.875 bits per heavy atom. The van der Waals surface area contributed by atoms with Gasteiger partial charge in [-0.05, 0) is 30.3 Å². The number of pyridine rings is 1. The standard InChI is InChI=1S/C13H11N3/c1-2-7-14-11(4-1)10-6-9-16-13(10)12-5-3-8-15-12/h1-9,15-16H. The average Bonchev–Trinajstić information content (AvgIpc) is 3.01. The van der Waals surface area contributed by atoms with Crippen LogP contribution in [0.1, 0.15) is 0 Å². The second-order valence-electron chi connectivity index (χ2n) is 3.57. The molecule has 0 saturated carbocycles. The third kappa shape index (κ3) is 1.42. The summed E-state index contributed by atoms with van der Waals surface area (Å²) in [4.78, 5) is 10.8. The first-order chi connectivity index (χ1) is 7.95. The zero-order valence-electron chi connectivity index (χ0n) is 8.64. The van der Waals surface area contributed by atoms with Gasteiger partial charge in [0.2, 0.25) is 0 Å². The average molecular weight is 209 g/mol. The topological polar surface area (TPSA) is 44.5 Å². The van der Waals surface area contributed by atoms with Crippen molar-refractivity contribution < 1.29 is 0 Å². The van der Waals surface area contributed by atoms with Gasteiger partial charge >= 0.3 is 0 Å². The lowest BCUT2D eigenvalue weighted by Gasteiger charge is -2.01. The van der Waals surface area contributed by atoms with Gasteiger partial charge in [0.1, 0.15) is 0 Å². The van der Waals surface area contributed by atoms with Crippen molar-refractivity contribution in [2.24, 2.45) is 0 Å². The van der Waals surface area contributed by atoms with Crippen molar-refractivity contribution in [3.63, 3.8) is 0 Å². The van der Waals surface area contributed by atoms with Crippen LogP contribution < -0.4 is 0 Å². The Hall–Kier alpha value is -2.29. The third-order valence-electron chi connectivity index (χ3n) is 2.56. The predicted octanol–water partition coefficient (Wildman–Crippen LogP) is 3.07. The molecular formula is C13H11N3. The van der Waals surface area contributed by atoms with E-state index in [1.165, 1.54) is 0 Å². The van der Waals surface area contributed by atoms with Gasteiger partial charge in [-0.15, -0.1) is 0 Å². The fraction of sp³-hybridized carbons (Fsp3) is 0. The molecule has 2 N–H and O–H groups in total. The molecule has 0 atom stereocenters. The van der Waals surface area contributed by atoms with Crippen LogP contribution in [0.25, 0.3) is 22.6 Å². The van der Waals surface area contributed by atoms with E-state index in [1.807, 2.05) is 48.8 Å². The predicted molar refractivity (Wildman–Crippen MR) is 63.8 cm³/mol. The molecule has 16 heavy (non-hydrogen) atoms. The van der Waals surface area contributed by atoms with Crippen LogP contribution in [0, 0.1) is 0 Å². The largest absolute Gasteiger partial charge is 0.360 e. The lowest BCUT2D eigenvalue weighted by Crippen LogP contribution is -1.84. The maximum absolute atomic E-state index is 4.36. The first-order valence-corrected chi connectivity index (χ1v) is 5.18. The molecule has 0 aliphatic heterocycles. The third-order valence-corrected chi connectivity index (χ3v) is 2.56. The van der Waals surface area contributed by atoms with Crippen molar-refractivity contribution in [2.75, 3.05) is 0 Å². The second kappa shape index (κ2) is 3.70. The Balaban J connectivity index is 2.14. The summed E-state index contributed by atoms with van der Waals surface area (Å²) >= 11 is 0. The van der Waals surface area contributed by atoms with Crippen LogP contribution in [0.15, 0.2) is 55.0 Å². The number of H-pyrrole nitrogens is 2. The summed E-state index contributed by atoms with van der Waals surface area (Å²) in [6, 6.07) is 12.0. The van der Waals surface area contributed by atoms with Gasteiger partial charge in [0.25, 0.3) is 0 Å². The van der Waals surface area contributed by atoms with Crippen molar-refractivity contribution in [2.45, 2.75) is 0 Å². The molecule has 0 spiro atoms. The summed E-state index contributed by atoms with van der Waals surface area (Å²) in [5, 5.41) is 0. The highest BCUT2D eigenvalue weighted by Crippen LogP contribution is 2.28. The fourth-order valence-electron chi connectivity index (χ4n) is 1.81. The molecule has 3 aromatic heterocycles. The maximum atomic E-state index is 4.36. The van der Waals surface area contributed by atoms with E-state index in [-0.39, 0.29) is 0 Å². The van der Waals surface area contributed by atoms with Gasteiger partial charge in [-0.1, -0.05) is 6.07 Å². The molecule has 0 unspecified atom stereocenters. The van der Waals surface area contributed by atoms with Gasteiger partial charge in [-0.25, -0.2) is 0 Å². The minimum atomic E-state index is 0.980. The molecule has 3 rings (SSSR count). The van der Waals surface area contributed by atoms with E-state index in [9.17, 15) is 0 Å². The number of nitrogens with zero attached hydrogens (tertiary/aromatic N) is 1. The lowest BCUT2D eigenvalue weighted by atomic mass is 10.1. The Bertz CT molecular complexity index is 564. The van der Waals surface area contributed by atoms with Crippen LogP contribution in [-0.2, 0) is 0 Å². The summed E-state index contributed by atoms with van der Waals surface area (Å²) in [6.45, 7) is 0. The van der Waals surface area contributed by atoms with E-state index in [0.29, 0.717) is 0 Å². The minimum absolute atomic E-state index is 0.980. The van der Waals surface area contributed by atoms with Crippen LogP contribution in [0.5, 0.6) is 0 Å². The molecule has 78 valence electrons. The molecule has 0 aliphatic rings. The highest BCUT2D eigenvalue weighted by Gasteiger charge is 2.09. The SMILES string of the molecule is c1ccc(-c2cc[nH]c2-c2ccc[nH]2)nc1. The molecular weight excluding hydrogens is 198 g/mol. The van der Waals surface area contributed by atoms with E-state index in [2.05, 4.69) is 15.0 Å².